The van der Waals surface area contributed by atoms with E-state index in [9.17, 15) is 14.4 Å². The SMILES string of the molecule is COc1ccc(CCC2(C3CCCC3)CC(=O)C(Sc3nc(C)c(CC(=O)O)s3)C(=O)O2)cc1. The molecule has 1 saturated heterocycles. The van der Waals surface area contributed by atoms with Crippen molar-refractivity contribution in [1.29, 1.82) is 0 Å². The van der Waals surface area contributed by atoms with E-state index in [4.69, 9.17) is 14.6 Å². The van der Waals surface area contributed by atoms with E-state index >= 15 is 0 Å². The highest BCUT2D eigenvalue weighted by Gasteiger charge is 2.52. The molecule has 2 unspecified atom stereocenters. The van der Waals surface area contributed by atoms with Crippen molar-refractivity contribution in [1.82, 2.24) is 4.98 Å². The number of carbonyl (C=O) groups excluding carboxylic acids is 2. The first kappa shape index (κ1) is 24.7. The molecule has 1 aromatic carbocycles. The molecule has 0 amide bonds. The summed E-state index contributed by atoms with van der Waals surface area (Å²) in [7, 11) is 1.63. The van der Waals surface area contributed by atoms with Crippen LogP contribution in [0.3, 0.4) is 0 Å². The highest BCUT2D eigenvalue weighted by molar-refractivity contribution is 8.03. The Kier molecular flexibility index (Phi) is 7.62. The standard InChI is InChI=1S/C25H29NO6S2/c1-15-20(13-21(28)29)33-24(26-15)34-22-19(27)14-25(32-23(22)30,17-5-3-4-6-17)12-11-16-7-9-18(31-2)10-8-16/h7-10,17,22H,3-6,11-14H2,1-2H3,(H,28,29). The van der Waals surface area contributed by atoms with E-state index in [1.807, 2.05) is 24.3 Å². The lowest BCUT2D eigenvalue weighted by atomic mass is 9.76. The first-order valence-corrected chi connectivity index (χ1v) is 13.2. The minimum Gasteiger partial charge on any atom is -0.497 e. The predicted molar refractivity (Wildman–Crippen MR) is 130 cm³/mol. The van der Waals surface area contributed by atoms with Gasteiger partial charge in [0, 0.05) is 11.3 Å². The normalized spacial score (nSPS) is 23.2. The summed E-state index contributed by atoms with van der Waals surface area (Å²) >= 11 is 2.30. The third kappa shape index (κ3) is 5.46. The number of hydrogen-bond acceptors (Lipinski definition) is 8. The van der Waals surface area contributed by atoms with Gasteiger partial charge >= 0.3 is 11.9 Å². The maximum Gasteiger partial charge on any atom is 0.327 e. The van der Waals surface area contributed by atoms with Crippen LogP contribution in [0.5, 0.6) is 5.75 Å². The maximum absolute atomic E-state index is 13.3. The number of thiazole rings is 1. The van der Waals surface area contributed by atoms with E-state index < -0.39 is 22.8 Å². The second-order valence-corrected chi connectivity index (χ2v) is 11.5. The van der Waals surface area contributed by atoms with E-state index in [2.05, 4.69) is 4.98 Å². The van der Waals surface area contributed by atoms with Crippen LogP contribution in [0.4, 0.5) is 0 Å². The summed E-state index contributed by atoms with van der Waals surface area (Å²) in [4.78, 5) is 42.5. The Morgan fingerprint density at radius 2 is 1.97 bits per heavy atom. The quantitative estimate of drug-likeness (QED) is 0.390. The number of aromatic nitrogens is 1. The van der Waals surface area contributed by atoms with Crippen molar-refractivity contribution in [2.75, 3.05) is 7.11 Å². The van der Waals surface area contributed by atoms with Crippen molar-refractivity contribution in [3.8, 4) is 5.75 Å². The highest BCUT2D eigenvalue weighted by atomic mass is 32.2. The summed E-state index contributed by atoms with van der Waals surface area (Å²) in [6.45, 7) is 1.74. The van der Waals surface area contributed by atoms with Crippen LogP contribution in [-0.2, 0) is 32.0 Å². The van der Waals surface area contributed by atoms with E-state index in [0.29, 0.717) is 27.8 Å². The average molecular weight is 504 g/mol. The second kappa shape index (κ2) is 10.5. The minimum atomic E-state index is -0.959. The number of aliphatic carboxylic acids is 1. The van der Waals surface area contributed by atoms with Gasteiger partial charge in [0.15, 0.2) is 15.4 Å². The fourth-order valence-electron chi connectivity index (χ4n) is 4.95. The van der Waals surface area contributed by atoms with Gasteiger partial charge in [0.25, 0.3) is 0 Å². The fraction of sp³-hybridized carbons (Fsp3) is 0.520. The zero-order valence-electron chi connectivity index (χ0n) is 19.4. The Hall–Kier alpha value is -2.39. The molecule has 7 nitrogen and oxygen atoms in total. The van der Waals surface area contributed by atoms with Crippen molar-refractivity contribution in [3.63, 3.8) is 0 Å². The number of hydrogen-bond donors (Lipinski definition) is 1. The Balaban J connectivity index is 1.49. The van der Waals surface area contributed by atoms with Crippen LogP contribution in [-0.4, -0.2) is 45.8 Å². The van der Waals surface area contributed by atoms with Crippen LogP contribution >= 0.6 is 23.1 Å². The lowest BCUT2D eigenvalue weighted by Crippen LogP contribution is -2.53. The van der Waals surface area contributed by atoms with Crippen molar-refractivity contribution in [2.45, 2.75) is 73.5 Å². The number of carbonyl (C=O) groups is 3. The molecule has 1 aliphatic heterocycles. The number of methoxy groups -OCH3 is 1. The summed E-state index contributed by atoms with van der Waals surface area (Å²) in [5.41, 5.74) is 0.961. The fourth-order valence-corrected chi connectivity index (χ4v) is 7.26. The van der Waals surface area contributed by atoms with Crippen LogP contribution in [0, 0.1) is 12.8 Å². The van der Waals surface area contributed by atoms with Crippen molar-refractivity contribution in [3.05, 3.63) is 40.4 Å². The third-order valence-corrected chi connectivity index (χ3v) is 9.26. The number of ketones is 1. The zero-order valence-corrected chi connectivity index (χ0v) is 21.0. The molecule has 0 bridgehead atoms. The molecule has 2 fully saturated rings. The Morgan fingerprint density at radius 3 is 2.59 bits per heavy atom. The molecule has 9 heteroatoms. The second-order valence-electron chi connectivity index (χ2n) is 9.02. The molecule has 34 heavy (non-hydrogen) atoms. The van der Waals surface area contributed by atoms with Gasteiger partial charge in [0.1, 0.15) is 11.4 Å². The Labute approximate surface area is 207 Å². The number of thioether (sulfide) groups is 1. The Morgan fingerprint density at radius 1 is 1.26 bits per heavy atom. The predicted octanol–water partition coefficient (Wildman–Crippen LogP) is 4.63. The number of nitrogens with zero attached hydrogens (tertiary/aromatic N) is 1. The maximum atomic E-state index is 13.3. The number of cyclic esters (lactones) is 1. The van der Waals surface area contributed by atoms with Gasteiger partial charge in [-0.3, -0.25) is 14.4 Å². The summed E-state index contributed by atoms with van der Waals surface area (Å²) < 4.78 is 11.9. The first-order chi connectivity index (χ1) is 16.3. The molecule has 2 heterocycles. The van der Waals surface area contributed by atoms with Crippen LogP contribution in [0.1, 0.15) is 54.7 Å². The summed E-state index contributed by atoms with van der Waals surface area (Å²) in [5, 5.41) is 8.10. The van der Waals surface area contributed by atoms with Gasteiger partial charge in [-0.15, -0.1) is 11.3 Å². The number of ether oxygens (including phenoxy) is 2. The lowest BCUT2D eigenvalue weighted by Gasteiger charge is -2.42. The van der Waals surface area contributed by atoms with Crippen LogP contribution < -0.4 is 4.74 Å². The van der Waals surface area contributed by atoms with E-state index in [1.165, 1.54) is 11.3 Å². The molecule has 2 aromatic rings. The number of aryl methyl sites for hydroxylation is 2. The van der Waals surface area contributed by atoms with Crippen molar-refractivity contribution < 1.29 is 29.0 Å². The number of rotatable bonds is 9. The van der Waals surface area contributed by atoms with Crippen LogP contribution in [0.25, 0.3) is 0 Å². The summed E-state index contributed by atoms with van der Waals surface area (Å²) in [6, 6.07) is 7.84. The molecule has 1 aromatic heterocycles. The summed E-state index contributed by atoms with van der Waals surface area (Å²) in [5.74, 6) is -0.591. The molecular formula is C25H29NO6S2. The Bertz CT molecular complexity index is 1040. The number of carboxylic acid groups (broad SMARTS) is 1. The minimum absolute atomic E-state index is 0.122. The monoisotopic (exact) mass is 503 g/mol. The van der Waals surface area contributed by atoms with Gasteiger partial charge in [0.05, 0.1) is 19.2 Å². The smallest absolute Gasteiger partial charge is 0.327 e. The largest absolute Gasteiger partial charge is 0.497 e. The third-order valence-electron chi connectivity index (χ3n) is 6.78. The van der Waals surface area contributed by atoms with E-state index in [0.717, 1.165) is 48.8 Å². The molecular weight excluding hydrogens is 474 g/mol. The van der Waals surface area contributed by atoms with E-state index in [1.54, 1.807) is 14.0 Å². The van der Waals surface area contributed by atoms with Crippen molar-refractivity contribution >= 4 is 40.8 Å². The zero-order chi connectivity index (χ0) is 24.3. The number of Topliss-reactive ketones (excluding diaryl/α,β-unsaturated/α-hetero) is 1. The molecule has 0 spiro atoms. The topological polar surface area (TPSA) is 103 Å². The number of esters is 1. The molecule has 2 atom stereocenters. The van der Waals surface area contributed by atoms with Gasteiger partial charge in [0.2, 0.25) is 0 Å². The lowest BCUT2D eigenvalue weighted by molar-refractivity contribution is -0.177. The molecule has 4 rings (SSSR count). The summed E-state index contributed by atoms with van der Waals surface area (Å²) in [6.07, 6.45) is 5.51. The van der Waals surface area contributed by atoms with Crippen LogP contribution in [0.15, 0.2) is 28.6 Å². The number of benzene rings is 1. The molecule has 182 valence electrons. The van der Waals surface area contributed by atoms with Gasteiger partial charge < -0.3 is 14.6 Å². The van der Waals surface area contributed by atoms with Gasteiger partial charge in [-0.1, -0.05) is 36.7 Å². The van der Waals surface area contributed by atoms with E-state index in [-0.39, 0.29) is 24.5 Å². The van der Waals surface area contributed by atoms with Gasteiger partial charge in [-0.2, -0.15) is 0 Å². The van der Waals surface area contributed by atoms with Gasteiger partial charge in [-0.05, 0) is 56.2 Å². The van der Waals surface area contributed by atoms with Gasteiger partial charge in [-0.25, -0.2) is 4.98 Å². The molecule has 2 aliphatic rings. The molecule has 1 N–H and O–H groups in total. The van der Waals surface area contributed by atoms with Crippen LogP contribution in [0.2, 0.25) is 0 Å². The average Bonchev–Trinajstić information content (AvgIpc) is 3.46. The highest BCUT2D eigenvalue weighted by Crippen LogP contribution is 2.46. The molecule has 0 radical (unpaired) electrons. The molecule has 1 saturated carbocycles. The number of carboxylic acids is 1. The molecule has 1 aliphatic carbocycles. The first-order valence-electron chi connectivity index (χ1n) is 11.5. The van der Waals surface area contributed by atoms with Crippen molar-refractivity contribution in [2.24, 2.45) is 5.92 Å².